The fraction of sp³-hybridized carbons (Fsp3) is 0.600. The van der Waals surface area contributed by atoms with Gasteiger partial charge in [0, 0.05) is 32.2 Å². The van der Waals surface area contributed by atoms with Gasteiger partial charge in [-0.25, -0.2) is 4.39 Å². The number of piperazine rings is 1. The van der Waals surface area contributed by atoms with Gasteiger partial charge in [0.05, 0.1) is 4.47 Å². The van der Waals surface area contributed by atoms with Gasteiger partial charge in [0.1, 0.15) is 5.82 Å². The third kappa shape index (κ3) is 4.32. The highest BCUT2D eigenvalue weighted by Crippen LogP contribution is 2.42. The van der Waals surface area contributed by atoms with Gasteiger partial charge in [-0.3, -0.25) is 4.90 Å². The molecule has 1 atom stereocenters. The minimum Gasteiger partial charge on any atom is -0.314 e. The fourth-order valence-corrected chi connectivity index (χ4v) is 3.44. The maximum atomic E-state index is 13.8. The van der Waals surface area contributed by atoms with Crippen LogP contribution in [0.25, 0.3) is 0 Å². The first-order valence-corrected chi connectivity index (χ1v) is 7.95. The SMILES string of the molecule is Cl.Cl.Fc1cc([C@H](C2CCC2)N2CCNCC2)ccc1Br. The molecule has 0 aromatic heterocycles. The molecule has 1 aliphatic carbocycles. The molecule has 0 radical (unpaired) electrons. The Bertz CT molecular complexity index is 451. The molecule has 21 heavy (non-hydrogen) atoms. The van der Waals surface area contributed by atoms with Crippen molar-refractivity contribution >= 4 is 40.7 Å². The molecule has 1 aromatic rings. The smallest absolute Gasteiger partial charge is 0.137 e. The second-order valence-electron chi connectivity index (χ2n) is 5.60. The first-order valence-electron chi connectivity index (χ1n) is 7.15. The second-order valence-corrected chi connectivity index (χ2v) is 6.45. The van der Waals surface area contributed by atoms with E-state index in [9.17, 15) is 4.39 Å². The van der Waals surface area contributed by atoms with E-state index < -0.39 is 0 Å². The van der Waals surface area contributed by atoms with Crippen molar-refractivity contribution in [1.82, 2.24) is 10.2 Å². The molecule has 1 aromatic carbocycles. The lowest BCUT2D eigenvalue weighted by Gasteiger charge is -2.43. The molecule has 1 aliphatic heterocycles. The third-order valence-electron chi connectivity index (χ3n) is 4.43. The van der Waals surface area contributed by atoms with Crippen LogP contribution < -0.4 is 5.32 Å². The molecular formula is C15H22BrCl2FN2. The first kappa shape index (κ1) is 19.2. The molecule has 1 heterocycles. The molecular weight excluding hydrogens is 378 g/mol. The van der Waals surface area contributed by atoms with Crippen LogP contribution in [0.5, 0.6) is 0 Å². The molecule has 1 N–H and O–H groups in total. The summed E-state index contributed by atoms with van der Waals surface area (Å²) in [5, 5.41) is 3.39. The Morgan fingerprint density at radius 3 is 2.38 bits per heavy atom. The maximum Gasteiger partial charge on any atom is 0.137 e. The van der Waals surface area contributed by atoms with Crippen molar-refractivity contribution in [2.24, 2.45) is 5.92 Å². The monoisotopic (exact) mass is 398 g/mol. The van der Waals surface area contributed by atoms with E-state index in [0.29, 0.717) is 16.4 Å². The minimum atomic E-state index is -0.142. The molecule has 120 valence electrons. The van der Waals surface area contributed by atoms with Crippen molar-refractivity contribution in [3.63, 3.8) is 0 Å². The number of hydrogen-bond donors (Lipinski definition) is 1. The van der Waals surface area contributed by atoms with Gasteiger partial charge in [-0.15, -0.1) is 24.8 Å². The summed E-state index contributed by atoms with van der Waals surface area (Å²) >= 11 is 3.24. The van der Waals surface area contributed by atoms with Crippen LogP contribution in [0.4, 0.5) is 4.39 Å². The Balaban J connectivity index is 0.00000110. The van der Waals surface area contributed by atoms with Crippen molar-refractivity contribution < 1.29 is 4.39 Å². The van der Waals surface area contributed by atoms with Crippen molar-refractivity contribution in [3.05, 3.63) is 34.1 Å². The van der Waals surface area contributed by atoms with Crippen LogP contribution in [0.1, 0.15) is 30.9 Å². The third-order valence-corrected chi connectivity index (χ3v) is 5.07. The Kier molecular flexibility index (Phi) is 7.93. The summed E-state index contributed by atoms with van der Waals surface area (Å²) < 4.78 is 14.4. The second kappa shape index (κ2) is 8.68. The predicted molar refractivity (Wildman–Crippen MR) is 93.1 cm³/mol. The van der Waals surface area contributed by atoms with Crippen LogP contribution in [0, 0.1) is 11.7 Å². The van der Waals surface area contributed by atoms with E-state index >= 15 is 0 Å². The Morgan fingerprint density at radius 1 is 1.19 bits per heavy atom. The number of rotatable bonds is 3. The van der Waals surface area contributed by atoms with Crippen molar-refractivity contribution in [1.29, 1.82) is 0 Å². The van der Waals surface area contributed by atoms with Crippen molar-refractivity contribution in [3.8, 4) is 0 Å². The van der Waals surface area contributed by atoms with Gasteiger partial charge in [-0.2, -0.15) is 0 Å². The van der Waals surface area contributed by atoms with Crippen LogP contribution >= 0.6 is 40.7 Å². The lowest BCUT2D eigenvalue weighted by molar-refractivity contribution is 0.0835. The standard InChI is InChI=1S/C15H20BrFN2.2ClH/c16-13-5-4-12(10-14(13)17)15(11-2-1-3-11)19-8-6-18-7-9-19;;/h4-5,10-11,15,18H,1-3,6-9H2;2*1H/t15-;;/m0../s1. The normalized spacial score (nSPS) is 20.9. The summed E-state index contributed by atoms with van der Waals surface area (Å²) in [4.78, 5) is 2.53. The zero-order valence-electron chi connectivity index (χ0n) is 11.9. The lowest BCUT2D eigenvalue weighted by Crippen LogP contribution is -2.47. The lowest BCUT2D eigenvalue weighted by atomic mass is 9.76. The average Bonchev–Trinajstić information content (AvgIpc) is 2.38. The van der Waals surface area contributed by atoms with E-state index in [-0.39, 0.29) is 30.6 Å². The molecule has 1 saturated carbocycles. The van der Waals surface area contributed by atoms with Crippen molar-refractivity contribution in [2.75, 3.05) is 26.2 Å². The topological polar surface area (TPSA) is 15.3 Å². The Labute approximate surface area is 146 Å². The van der Waals surface area contributed by atoms with E-state index in [1.54, 1.807) is 6.07 Å². The van der Waals surface area contributed by atoms with Gasteiger partial charge < -0.3 is 5.32 Å². The molecule has 0 spiro atoms. The van der Waals surface area contributed by atoms with Crippen LogP contribution in [0.3, 0.4) is 0 Å². The molecule has 0 amide bonds. The van der Waals surface area contributed by atoms with E-state index in [4.69, 9.17) is 0 Å². The average molecular weight is 400 g/mol. The highest BCUT2D eigenvalue weighted by molar-refractivity contribution is 9.10. The van der Waals surface area contributed by atoms with E-state index in [2.05, 4.69) is 32.2 Å². The van der Waals surface area contributed by atoms with E-state index in [0.717, 1.165) is 31.7 Å². The molecule has 0 unspecified atom stereocenters. The molecule has 0 bridgehead atoms. The first-order chi connectivity index (χ1) is 9.25. The number of nitrogens with one attached hydrogen (secondary N) is 1. The largest absolute Gasteiger partial charge is 0.314 e. The molecule has 6 heteroatoms. The fourth-order valence-electron chi connectivity index (χ4n) is 3.19. The van der Waals surface area contributed by atoms with Gasteiger partial charge in [-0.1, -0.05) is 12.5 Å². The zero-order chi connectivity index (χ0) is 13.2. The van der Waals surface area contributed by atoms with Crippen LogP contribution in [0.2, 0.25) is 0 Å². The van der Waals surface area contributed by atoms with Crippen LogP contribution in [0.15, 0.2) is 22.7 Å². The van der Waals surface area contributed by atoms with Gasteiger partial charge in [0.2, 0.25) is 0 Å². The molecule has 2 aliphatic rings. The number of halogens is 4. The molecule has 3 rings (SSSR count). The van der Waals surface area contributed by atoms with Gasteiger partial charge in [-0.05, 0) is 52.4 Å². The zero-order valence-corrected chi connectivity index (χ0v) is 15.1. The Morgan fingerprint density at radius 2 is 1.86 bits per heavy atom. The van der Waals surface area contributed by atoms with E-state index in [1.807, 2.05) is 6.07 Å². The summed E-state index contributed by atoms with van der Waals surface area (Å²) in [5.74, 6) is 0.565. The van der Waals surface area contributed by atoms with Crippen molar-refractivity contribution in [2.45, 2.75) is 25.3 Å². The quantitative estimate of drug-likeness (QED) is 0.820. The summed E-state index contributed by atoms with van der Waals surface area (Å²) in [5.41, 5.74) is 1.15. The number of benzene rings is 1. The van der Waals surface area contributed by atoms with E-state index in [1.165, 1.54) is 19.3 Å². The minimum absolute atomic E-state index is 0. The highest BCUT2D eigenvalue weighted by Gasteiger charge is 2.33. The van der Waals surface area contributed by atoms with Gasteiger partial charge in [0.25, 0.3) is 0 Å². The van der Waals surface area contributed by atoms with Gasteiger partial charge >= 0.3 is 0 Å². The predicted octanol–water partition coefficient (Wildman–Crippen LogP) is 4.18. The summed E-state index contributed by atoms with van der Waals surface area (Å²) in [6, 6.07) is 6.05. The number of hydrogen-bond acceptors (Lipinski definition) is 2. The highest BCUT2D eigenvalue weighted by atomic mass is 79.9. The molecule has 1 saturated heterocycles. The summed E-state index contributed by atoms with van der Waals surface area (Å²) in [7, 11) is 0. The molecule has 2 fully saturated rings. The maximum absolute atomic E-state index is 13.8. The van der Waals surface area contributed by atoms with Crippen LogP contribution in [-0.2, 0) is 0 Å². The summed E-state index contributed by atoms with van der Waals surface area (Å²) in [6.07, 6.45) is 3.89. The Hall–Kier alpha value is 0.130. The summed E-state index contributed by atoms with van der Waals surface area (Å²) in [6.45, 7) is 4.22. The van der Waals surface area contributed by atoms with Gasteiger partial charge in [0.15, 0.2) is 0 Å². The molecule has 2 nitrogen and oxygen atoms in total. The number of nitrogens with zero attached hydrogens (tertiary/aromatic N) is 1. The van der Waals surface area contributed by atoms with Crippen LogP contribution in [-0.4, -0.2) is 31.1 Å².